The van der Waals surface area contributed by atoms with Gasteiger partial charge in [-0.15, -0.1) is 0 Å². The molecule has 1 aliphatic heterocycles. The fourth-order valence-electron chi connectivity index (χ4n) is 1.95. The Balaban J connectivity index is 2.34. The molecule has 0 saturated carbocycles. The van der Waals surface area contributed by atoms with Gasteiger partial charge in [-0.25, -0.2) is 8.78 Å². The molecule has 0 atom stereocenters. The highest BCUT2D eigenvalue weighted by Gasteiger charge is 2.44. The zero-order chi connectivity index (χ0) is 12.5. The first-order valence-corrected chi connectivity index (χ1v) is 5.17. The first-order valence-electron chi connectivity index (χ1n) is 5.17. The van der Waals surface area contributed by atoms with Gasteiger partial charge in [-0.2, -0.15) is 0 Å². The van der Waals surface area contributed by atoms with Gasteiger partial charge in [0.05, 0.1) is 32.2 Å². The van der Waals surface area contributed by atoms with Gasteiger partial charge in [0.15, 0.2) is 0 Å². The summed E-state index contributed by atoms with van der Waals surface area (Å²) in [5, 5.41) is 0. The van der Waals surface area contributed by atoms with Crippen LogP contribution < -0.4 is 0 Å². The molecule has 1 aromatic carbocycles. The largest absolute Gasteiger partial charge is 0.469 e. The van der Waals surface area contributed by atoms with E-state index in [-0.39, 0.29) is 25.2 Å². The van der Waals surface area contributed by atoms with Crippen molar-refractivity contribution in [2.75, 3.05) is 20.3 Å². The minimum atomic E-state index is -0.792. The molecule has 1 heterocycles. The summed E-state index contributed by atoms with van der Waals surface area (Å²) in [4.78, 5) is 11.3. The van der Waals surface area contributed by atoms with Crippen molar-refractivity contribution in [3.05, 3.63) is 35.4 Å². The average Bonchev–Trinajstić information content (AvgIpc) is 2.27. The summed E-state index contributed by atoms with van der Waals surface area (Å²) in [5.74, 6) is -1.52. The Morgan fingerprint density at radius 1 is 1.47 bits per heavy atom. The van der Waals surface area contributed by atoms with Crippen LogP contribution in [0.25, 0.3) is 0 Å². The third-order valence-electron chi connectivity index (χ3n) is 2.97. The molecule has 1 aliphatic rings. The highest BCUT2D eigenvalue weighted by atomic mass is 19.1. The maximum absolute atomic E-state index is 13.7. The van der Waals surface area contributed by atoms with Crippen molar-refractivity contribution in [1.29, 1.82) is 0 Å². The van der Waals surface area contributed by atoms with Crippen molar-refractivity contribution in [2.45, 2.75) is 11.8 Å². The molecule has 3 nitrogen and oxygen atoms in total. The fourth-order valence-corrected chi connectivity index (χ4v) is 1.95. The van der Waals surface area contributed by atoms with E-state index in [0.29, 0.717) is 0 Å². The molecule has 1 fully saturated rings. The molecule has 0 spiro atoms. The van der Waals surface area contributed by atoms with Gasteiger partial charge >= 0.3 is 5.97 Å². The Labute approximate surface area is 97.3 Å². The lowest BCUT2D eigenvalue weighted by molar-refractivity contribution is -0.149. The number of methoxy groups -OCH3 is 1. The maximum Gasteiger partial charge on any atom is 0.306 e. The minimum Gasteiger partial charge on any atom is -0.469 e. The zero-order valence-electron chi connectivity index (χ0n) is 9.33. The van der Waals surface area contributed by atoms with Crippen molar-refractivity contribution >= 4 is 5.97 Å². The van der Waals surface area contributed by atoms with E-state index in [2.05, 4.69) is 4.74 Å². The van der Waals surface area contributed by atoms with Crippen LogP contribution in [0.5, 0.6) is 0 Å². The Morgan fingerprint density at radius 3 is 2.71 bits per heavy atom. The van der Waals surface area contributed by atoms with Crippen LogP contribution >= 0.6 is 0 Å². The molecule has 1 saturated heterocycles. The maximum atomic E-state index is 13.7. The molecular weight excluding hydrogens is 230 g/mol. The topological polar surface area (TPSA) is 35.5 Å². The first kappa shape index (κ1) is 12.0. The highest BCUT2D eigenvalue weighted by molar-refractivity contribution is 5.71. The van der Waals surface area contributed by atoms with Crippen molar-refractivity contribution in [2.24, 2.45) is 0 Å². The van der Waals surface area contributed by atoms with Crippen molar-refractivity contribution < 1.29 is 23.0 Å². The van der Waals surface area contributed by atoms with Crippen LogP contribution in [0, 0.1) is 11.6 Å². The van der Waals surface area contributed by atoms with Crippen LogP contribution in [0.4, 0.5) is 8.78 Å². The summed E-state index contributed by atoms with van der Waals surface area (Å²) in [6.45, 7) is 0.394. The van der Waals surface area contributed by atoms with Gasteiger partial charge in [-0.3, -0.25) is 4.79 Å². The average molecular weight is 242 g/mol. The van der Waals surface area contributed by atoms with E-state index in [1.165, 1.54) is 7.11 Å². The molecule has 0 aromatic heterocycles. The first-order chi connectivity index (χ1) is 8.07. The van der Waals surface area contributed by atoms with Gasteiger partial charge < -0.3 is 9.47 Å². The van der Waals surface area contributed by atoms with Crippen molar-refractivity contribution in [3.63, 3.8) is 0 Å². The van der Waals surface area contributed by atoms with Gasteiger partial charge in [0.25, 0.3) is 0 Å². The van der Waals surface area contributed by atoms with E-state index in [1.807, 2.05) is 0 Å². The summed E-state index contributed by atoms with van der Waals surface area (Å²) in [5.41, 5.74) is -0.617. The summed E-state index contributed by atoms with van der Waals surface area (Å²) in [6.07, 6.45) is -0.0100. The smallest absolute Gasteiger partial charge is 0.306 e. The Morgan fingerprint density at radius 2 is 2.18 bits per heavy atom. The molecule has 0 radical (unpaired) electrons. The lowest BCUT2D eigenvalue weighted by Gasteiger charge is -2.41. The van der Waals surface area contributed by atoms with Gasteiger partial charge in [-0.05, 0) is 18.2 Å². The van der Waals surface area contributed by atoms with Crippen LogP contribution in [-0.2, 0) is 19.7 Å². The number of esters is 1. The number of benzene rings is 1. The second-order valence-electron chi connectivity index (χ2n) is 4.15. The monoisotopic (exact) mass is 242 g/mol. The molecule has 0 N–H and O–H groups in total. The Bertz CT molecular complexity index is 441. The number of rotatable bonds is 3. The summed E-state index contributed by atoms with van der Waals surface area (Å²) in [7, 11) is 1.26. The molecule has 0 amide bonds. The molecule has 2 rings (SSSR count). The van der Waals surface area contributed by atoms with Gasteiger partial charge in [0.2, 0.25) is 0 Å². The molecule has 17 heavy (non-hydrogen) atoms. The number of carbonyl (C=O) groups excluding carboxylic acids is 1. The fraction of sp³-hybridized carbons (Fsp3) is 0.417. The van der Waals surface area contributed by atoms with E-state index in [0.717, 1.165) is 18.2 Å². The molecule has 0 unspecified atom stereocenters. The molecular formula is C12H12F2O3. The molecule has 5 heteroatoms. The predicted molar refractivity (Wildman–Crippen MR) is 55.5 cm³/mol. The quantitative estimate of drug-likeness (QED) is 0.758. The van der Waals surface area contributed by atoms with E-state index in [9.17, 15) is 13.6 Å². The number of hydrogen-bond donors (Lipinski definition) is 0. The van der Waals surface area contributed by atoms with Gasteiger partial charge in [0, 0.05) is 5.56 Å². The minimum absolute atomic E-state index is 0.0100. The standard InChI is InChI=1S/C12H12F2O3/c1-16-11(15)5-12(6-17-7-12)9-4-8(13)2-3-10(9)14/h2-4H,5-7H2,1H3. The van der Waals surface area contributed by atoms with Crippen LogP contribution in [0.15, 0.2) is 18.2 Å². The van der Waals surface area contributed by atoms with Crippen molar-refractivity contribution in [3.8, 4) is 0 Å². The number of hydrogen-bond acceptors (Lipinski definition) is 3. The molecule has 0 bridgehead atoms. The normalized spacial score (nSPS) is 17.4. The van der Waals surface area contributed by atoms with Crippen LogP contribution in [0.2, 0.25) is 0 Å². The van der Waals surface area contributed by atoms with Crippen molar-refractivity contribution in [1.82, 2.24) is 0 Å². The van der Waals surface area contributed by atoms with E-state index in [1.54, 1.807) is 0 Å². The zero-order valence-corrected chi connectivity index (χ0v) is 9.33. The number of carbonyl (C=O) groups is 1. The number of ether oxygens (including phenoxy) is 2. The second-order valence-corrected chi connectivity index (χ2v) is 4.15. The highest BCUT2D eigenvalue weighted by Crippen LogP contribution is 2.37. The third-order valence-corrected chi connectivity index (χ3v) is 2.97. The van der Waals surface area contributed by atoms with Gasteiger partial charge in [0.1, 0.15) is 11.6 Å². The third kappa shape index (κ3) is 2.15. The Kier molecular flexibility index (Phi) is 3.11. The molecule has 1 aromatic rings. The molecule has 0 aliphatic carbocycles. The predicted octanol–water partition coefficient (Wildman–Crippen LogP) is 1.80. The van der Waals surface area contributed by atoms with Gasteiger partial charge in [-0.1, -0.05) is 0 Å². The lowest BCUT2D eigenvalue weighted by atomic mass is 9.75. The van der Waals surface area contributed by atoms with Crippen LogP contribution in [-0.4, -0.2) is 26.3 Å². The lowest BCUT2D eigenvalue weighted by Crippen LogP contribution is -2.49. The molecule has 92 valence electrons. The Hall–Kier alpha value is -1.49. The van der Waals surface area contributed by atoms with Crippen LogP contribution in [0.1, 0.15) is 12.0 Å². The summed E-state index contributed by atoms with van der Waals surface area (Å²) in [6, 6.07) is 3.22. The second kappa shape index (κ2) is 4.41. The van der Waals surface area contributed by atoms with E-state index in [4.69, 9.17) is 4.74 Å². The SMILES string of the molecule is COC(=O)CC1(c2cc(F)ccc2F)COC1. The van der Waals surface area contributed by atoms with E-state index < -0.39 is 23.0 Å². The number of halogens is 2. The summed E-state index contributed by atoms with van der Waals surface area (Å²) >= 11 is 0. The summed E-state index contributed by atoms with van der Waals surface area (Å²) < 4.78 is 36.4. The van der Waals surface area contributed by atoms with Crippen LogP contribution in [0.3, 0.4) is 0 Å². The van der Waals surface area contributed by atoms with E-state index >= 15 is 0 Å².